The number of amides is 2. The van der Waals surface area contributed by atoms with Gasteiger partial charge < -0.3 is 20.4 Å². The summed E-state index contributed by atoms with van der Waals surface area (Å²) < 4.78 is 0. The van der Waals surface area contributed by atoms with Gasteiger partial charge >= 0.3 is 6.03 Å². The van der Waals surface area contributed by atoms with E-state index in [0.717, 1.165) is 50.2 Å². The molecular weight excluding hydrogens is 514 g/mol. The van der Waals surface area contributed by atoms with E-state index < -0.39 is 0 Å². The van der Waals surface area contributed by atoms with Crippen LogP contribution in [0.25, 0.3) is 0 Å². The summed E-state index contributed by atoms with van der Waals surface area (Å²) in [6, 6.07) is 12.6. The average Bonchev–Trinajstić information content (AvgIpc) is 3.78. The third-order valence-electron chi connectivity index (χ3n) is 9.29. The topological polar surface area (TPSA) is 126 Å². The van der Waals surface area contributed by atoms with Crippen molar-refractivity contribution in [2.45, 2.75) is 88.3 Å². The first-order valence-electron chi connectivity index (χ1n) is 14.9. The number of rotatable bonds is 7. The standard InChI is InChI=1S/C31H39N9O/c1-39(30-33-14-13-28(36-30)35-29-18-27(37-38-29)21-5-3-4-6-21)25-11-9-24(10-12-25)34-31(41)40(2)26-16-22-8-7-20(19-32)15-23(22)17-26/h7-8,13-15,18,21,24-26H,3-6,9-12,16-17H2,1-2H3,(H,34,41)(H2,33,35,36,37,38). The number of hydrogen-bond acceptors (Lipinski definition) is 7. The van der Waals surface area contributed by atoms with Gasteiger partial charge in [-0.05, 0) is 80.7 Å². The van der Waals surface area contributed by atoms with E-state index in [1.165, 1.54) is 42.5 Å². The number of nitrogens with one attached hydrogen (secondary N) is 3. The first-order valence-corrected chi connectivity index (χ1v) is 14.9. The van der Waals surface area contributed by atoms with Crippen molar-refractivity contribution in [1.82, 2.24) is 30.4 Å². The quantitative estimate of drug-likeness (QED) is 0.375. The third kappa shape index (κ3) is 5.99. The fraction of sp³-hybridized carbons (Fsp3) is 0.516. The zero-order chi connectivity index (χ0) is 28.3. The maximum atomic E-state index is 13.1. The molecule has 2 heterocycles. The molecule has 0 radical (unpaired) electrons. The molecule has 0 bridgehead atoms. The maximum Gasteiger partial charge on any atom is 0.317 e. The molecule has 10 heteroatoms. The molecule has 3 aliphatic rings. The zero-order valence-electron chi connectivity index (χ0n) is 23.9. The number of carbonyl (C=O) groups excluding carboxylic acids is 1. The lowest BCUT2D eigenvalue weighted by molar-refractivity contribution is 0.183. The van der Waals surface area contributed by atoms with E-state index in [4.69, 9.17) is 4.98 Å². The molecule has 1 unspecified atom stereocenters. The summed E-state index contributed by atoms with van der Waals surface area (Å²) in [5.41, 5.74) is 4.29. The van der Waals surface area contributed by atoms with E-state index in [9.17, 15) is 10.1 Å². The second-order valence-electron chi connectivity index (χ2n) is 11.9. The summed E-state index contributed by atoms with van der Waals surface area (Å²) in [5.74, 6) is 2.79. The van der Waals surface area contributed by atoms with Crippen LogP contribution in [0.3, 0.4) is 0 Å². The predicted molar refractivity (Wildman–Crippen MR) is 158 cm³/mol. The first kappa shape index (κ1) is 27.1. The van der Waals surface area contributed by atoms with Crippen LogP contribution in [-0.2, 0) is 12.8 Å². The first-order chi connectivity index (χ1) is 20.0. The van der Waals surface area contributed by atoms with E-state index in [2.05, 4.69) is 49.9 Å². The number of hydrogen-bond donors (Lipinski definition) is 3. The zero-order valence-corrected chi connectivity index (χ0v) is 23.9. The average molecular weight is 554 g/mol. The van der Waals surface area contributed by atoms with Gasteiger partial charge in [-0.3, -0.25) is 5.10 Å². The molecule has 214 valence electrons. The fourth-order valence-corrected chi connectivity index (χ4v) is 6.72. The van der Waals surface area contributed by atoms with Crippen LogP contribution in [0.15, 0.2) is 36.5 Å². The van der Waals surface area contributed by atoms with Crippen molar-refractivity contribution in [3.63, 3.8) is 0 Å². The molecule has 6 rings (SSSR count). The Balaban J connectivity index is 0.987. The smallest absolute Gasteiger partial charge is 0.317 e. The number of carbonyl (C=O) groups is 1. The highest BCUT2D eigenvalue weighted by Crippen LogP contribution is 2.34. The number of aromatic amines is 1. The molecule has 0 saturated heterocycles. The summed E-state index contributed by atoms with van der Waals surface area (Å²) in [6.07, 6.45) is 12.2. The van der Waals surface area contributed by atoms with E-state index >= 15 is 0 Å². The van der Waals surface area contributed by atoms with Crippen molar-refractivity contribution >= 4 is 23.6 Å². The Bertz CT molecular complexity index is 1410. The van der Waals surface area contributed by atoms with Gasteiger partial charge in [0, 0.05) is 56.1 Å². The Morgan fingerprint density at radius 2 is 1.76 bits per heavy atom. The summed E-state index contributed by atoms with van der Waals surface area (Å²) in [7, 11) is 3.94. The molecular formula is C31H39N9O. The molecule has 10 nitrogen and oxygen atoms in total. The van der Waals surface area contributed by atoms with E-state index in [1.807, 2.05) is 36.2 Å². The summed E-state index contributed by atoms with van der Waals surface area (Å²) in [5, 5.41) is 23.4. The second kappa shape index (κ2) is 11.8. The van der Waals surface area contributed by atoms with Crippen LogP contribution in [0.2, 0.25) is 0 Å². The number of likely N-dealkylation sites (N-methyl/N-ethyl adjacent to an activating group) is 1. The number of urea groups is 1. The highest BCUT2D eigenvalue weighted by atomic mass is 16.2. The normalized spacial score (nSPS) is 22.1. The van der Waals surface area contributed by atoms with Crippen molar-refractivity contribution in [1.29, 1.82) is 5.26 Å². The van der Waals surface area contributed by atoms with Crippen LogP contribution in [0.1, 0.15) is 79.7 Å². The van der Waals surface area contributed by atoms with E-state index in [0.29, 0.717) is 23.5 Å². The minimum absolute atomic E-state index is 0.0170. The van der Waals surface area contributed by atoms with Crippen LogP contribution in [0, 0.1) is 11.3 Å². The van der Waals surface area contributed by atoms with Crippen LogP contribution in [0.4, 0.5) is 22.4 Å². The van der Waals surface area contributed by atoms with Crippen LogP contribution in [0.5, 0.6) is 0 Å². The maximum absolute atomic E-state index is 13.1. The van der Waals surface area contributed by atoms with E-state index in [-0.39, 0.29) is 18.1 Å². The van der Waals surface area contributed by atoms with Gasteiger partial charge in [-0.2, -0.15) is 15.3 Å². The van der Waals surface area contributed by atoms with Gasteiger partial charge in [0.05, 0.1) is 11.6 Å². The lowest BCUT2D eigenvalue weighted by Gasteiger charge is -2.36. The number of nitrogens with zero attached hydrogens (tertiary/aromatic N) is 6. The summed E-state index contributed by atoms with van der Waals surface area (Å²) >= 11 is 0. The summed E-state index contributed by atoms with van der Waals surface area (Å²) in [6.45, 7) is 0. The second-order valence-corrected chi connectivity index (χ2v) is 11.9. The van der Waals surface area contributed by atoms with Gasteiger partial charge in [0.2, 0.25) is 5.95 Å². The Morgan fingerprint density at radius 3 is 2.54 bits per heavy atom. The van der Waals surface area contributed by atoms with Gasteiger partial charge in [0.15, 0.2) is 5.82 Å². The van der Waals surface area contributed by atoms with Crippen LogP contribution in [-0.4, -0.2) is 63.3 Å². The SMILES string of the molecule is CN(C(=O)NC1CCC(N(C)c2nccc(Nc3cc(C4CCCC4)[nH]n3)n2)CC1)C1Cc2ccc(C#N)cc2C1. The van der Waals surface area contributed by atoms with Gasteiger partial charge in [-0.15, -0.1) is 0 Å². The predicted octanol–water partition coefficient (Wildman–Crippen LogP) is 5.03. The Kier molecular flexibility index (Phi) is 7.77. The number of H-pyrrole nitrogens is 1. The minimum atomic E-state index is -0.0170. The van der Waals surface area contributed by atoms with Crippen LogP contribution >= 0.6 is 0 Å². The van der Waals surface area contributed by atoms with Crippen molar-refractivity contribution in [3.05, 3.63) is 58.9 Å². The van der Waals surface area contributed by atoms with Crippen LogP contribution < -0.4 is 15.5 Å². The Morgan fingerprint density at radius 1 is 0.976 bits per heavy atom. The highest BCUT2D eigenvalue weighted by Gasteiger charge is 2.31. The van der Waals surface area contributed by atoms with Gasteiger partial charge in [-0.1, -0.05) is 18.9 Å². The van der Waals surface area contributed by atoms with Gasteiger partial charge in [-0.25, -0.2) is 9.78 Å². The molecule has 0 aliphatic heterocycles. The molecule has 2 saturated carbocycles. The lowest BCUT2D eigenvalue weighted by atomic mass is 9.90. The van der Waals surface area contributed by atoms with Gasteiger partial charge in [0.25, 0.3) is 0 Å². The van der Waals surface area contributed by atoms with Crippen molar-refractivity contribution in [2.75, 3.05) is 24.3 Å². The monoisotopic (exact) mass is 553 g/mol. The largest absolute Gasteiger partial charge is 0.341 e. The molecule has 0 spiro atoms. The molecule has 3 aromatic rings. The number of fused-ring (bicyclic) bond motifs is 1. The number of anilines is 3. The molecule has 1 aromatic carbocycles. The minimum Gasteiger partial charge on any atom is -0.341 e. The number of benzene rings is 1. The molecule has 41 heavy (non-hydrogen) atoms. The number of nitriles is 1. The fourth-order valence-electron chi connectivity index (χ4n) is 6.72. The van der Waals surface area contributed by atoms with Crippen molar-refractivity contribution in [3.8, 4) is 6.07 Å². The van der Waals surface area contributed by atoms with Crippen molar-refractivity contribution in [2.24, 2.45) is 0 Å². The highest BCUT2D eigenvalue weighted by molar-refractivity contribution is 5.75. The third-order valence-corrected chi connectivity index (χ3v) is 9.29. The summed E-state index contributed by atoms with van der Waals surface area (Å²) in [4.78, 5) is 26.4. The van der Waals surface area contributed by atoms with Crippen molar-refractivity contribution < 1.29 is 4.79 Å². The van der Waals surface area contributed by atoms with E-state index in [1.54, 1.807) is 6.20 Å². The Labute approximate surface area is 241 Å². The molecule has 3 aliphatic carbocycles. The Hall–Kier alpha value is -4.13. The lowest BCUT2D eigenvalue weighted by Crippen LogP contribution is -2.49. The molecule has 2 aromatic heterocycles. The van der Waals surface area contributed by atoms with Gasteiger partial charge in [0.1, 0.15) is 5.82 Å². The molecule has 1 atom stereocenters. The molecule has 2 fully saturated rings. The molecule has 2 amide bonds. The number of aromatic nitrogens is 4. The molecule has 3 N–H and O–H groups in total.